The molecule has 2 aromatic rings. The number of aryl methyl sites for hydroxylation is 1. The molecule has 1 heterocycles. The predicted molar refractivity (Wildman–Crippen MR) is 86.2 cm³/mol. The van der Waals surface area contributed by atoms with Crippen LogP contribution in [0, 0.1) is 12.7 Å². The minimum absolute atomic E-state index is 0.101. The molecule has 6 heteroatoms. The van der Waals surface area contributed by atoms with Gasteiger partial charge in [-0.3, -0.25) is 0 Å². The molecular formula is C17H18FNO3S. The molecule has 1 unspecified atom stereocenters. The number of rotatable bonds is 4. The molecule has 1 atom stereocenters. The summed E-state index contributed by atoms with van der Waals surface area (Å²) in [6.07, 6.45) is 0.476. The number of benzene rings is 2. The fraction of sp³-hybridized carbons (Fsp3) is 0.294. The third kappa shape index (κ3) is 3.89. The van der Waals surface area contributed by atoms with Crippen LogP contribution in [0.1, 0.15) is 29.2 Å². The zero-order valence-electron chi connectivity index (χ0n) is 12.8. The minimum atomic E-state index is -3.53. The fourth-order valence-corrected chi connectivity index (χ4v) is 4.15. The van der Waals surface area contributed by atoms with E-state index in [1.54, 1.807) is 6.07 Å². The van der Waals surface area contributed by atoms with Crippen molar-refractivity contribution in [2.24, 2.45) is 0 Å². The summed E-state index contributed by atoms with van der Waals surface area (Å²) >= 11 is 0. The molecule has 1 aliphatic heterocycles. The first-order valence-corrected chi connectivity index (χ1v) is 9.06. The summed E-state index contributed by atoms with van der Waals surface area (Å²) in [6.45, 7) is 2.32. The van der Waals surface area contributed by atoms with Gasteiger partial charge < -0.3 is 4.74 Å². The van der Waals surface area contributed by atoms with Crippen molar-refractivity contribution in [3.63, 3.8) is 0 Å². The molecule has 0 bridgehead atoms. The van der Waals surface area contributed by atoms with Gasteiger partial charge in [-0.1, -0.05) is 29.8 Å². The molecule has 0 saturated heterocycles. The van der Waals surface area contributed by atoms with Gasteiger partial charge >= 0.3 is 0 Å². The first kappa shape index (κ1) is 16.0. The monoisotopic (exact) mass is 335 g/mol. The normalized spacial score (nSPS) is 17.4. The Bertz CT molecular complexity index is 820. The number of sulfonamides is 1. The van der Waals surface area contributed by atoms with Gasteiger partial charge in [0.15, 0.2) is 0 Å². The van der Waals surface area contributed by atoms with Crippen molar-refractivity contribution in [2.45, 2.75) is 25.1 Å². The molecule has 1 N–H and O–H groups in total. The molecule has 23 heavy (non-hydrogen) atoms. The van der Waals surface area contributed by atoms with Crippen LogP contribution in [0.25, 0.3) is 0 Å². The second-order valence-electron chi connectivity index (χ2n) is 5.74. The van der Waals surface area contributed by atoms with Crippen molar-refractivity contribution in [3.8, 4) is 5.75 Å². The van der Waals surface area contributed by atoms with E-state index in [0.29, 0.717) is 24.3 Å². The zero-order valence-corrected chi connectivity index (χ0v) is 13.6. The molecule has 0 aliphatic carbocycles. The Hall–Kier alpha value is -1.92. The lowest BCUT2D eigenvalue weighted by Crippen LogP contribution is -2.33. The molecule has 3 rings (SSSR count). The zero-order chi connectivity index (χ0) is 16.4. The van der Waals surface area contributed by atoms with E-state index in [4.69, 9.17) is 4.74 Å². The maximum Gasteiger partial charge on any atom is 0.216 e. The summed E-state index contributed by atoms with van der Waals surface area (Å²) in [4.78, 5) is 0. The van der Waals surface area contributed by atoms with E-state index in [-0.39, 0.29) is 5.75 Å². The van der Waals surface area contributed by atoms with E-state index >= 15 is 0 Å². The third-order valence-corrected chi connectivity index (χ3v) is 5.13. The van der Waals surface area contributed by atoms with Gasteiger partial charge in [0.05, 0.1) is 18.4 Å². The summed E-state index contributed by atoms with van der Waals surface area (Å²) < 4.78 is 46.4. The summed E-state index contributed by atoms with van der Waals surface area (Å²) in [5.74, 6) is 0.0227. The molecule has 0 amide bonds. The molecule has 0 saturated carbocycles. The van der Waals surface area contributed by atoms with Crippen LogP contribution in [0.4, 0.5) is 4.39 Å². The van der Waals surface area contributed by atoms with Crippen LogP contribution < -0.4 is 9.46 Å². The number of hydrogen-bond acceptors (Lipinski definition) is 3. The second kappa shape index (κ2) is 6.29. The molecule has 2 aromatic carbocycles. The van der Waals surface area contributed by atoms with Crippen molar-refractivity contribution in [3.05, 3.63) is 65.0 Å². The van der Waals surface area contributed by atoms with E-state index in [0.717, 1.165) is 11.1 Å². The highest BCUT2D eigenvalue weighted by Crippen LogP contribution is 2.33. The van der Waals surface area contributed by atoms with E-state index in [2.05, 4.69) is 4.72 Å². The Balaban J connectivity index is 1.80. The summed E-state index contributed by atoms with van der Waals surface area (Å²) in [7, 11) is -3.53. The highest BCUT2D eigenvalue weighted by Gasteiger charge is 2.26. The number of halogens is 1. The Kier molecular flexibility index (Phi) is 4.37. The number of ether oxygens (including phenoxy) is 1. The fourth-order valence-electron chi connectivity index (χ4n) is 2.77. The van der Waals surface area contributed by atoms with Crippen LogP contribution in [0.15, 0.2) is 42.5 Å². The standard InChI is InChI=1S/C17H18FNO3S/c1-12-3-2-4-13(9-12)11-23(20,21)19-16-7-8-22-17-6-5-14(18)10-15(16)17/h2-6,9-10,16,19H,7-8,11H2,1H3. The molecule has 0 radical (unpaired) electrons. The van der Waals surface area contributed by atoms with Crippen molar-refractivity contribution >= 4 is 10.0 Å². The van der Waals surface area contributed by atoms with Crippen molar-refractivity contribution in [1.29, 1.82) is 0 Å². The van der Waals surface area contributed by atoms with Gasteiger partial charge in [-0.15, -0.1) is 0 Å². The van der Waals surface area contributed by atoms with Gasteiger partial charge in [-0.05, 0) is 30.7 Å². The third-order valence-electron chi connectivity index (χ3n) is 3.77. The molecule has 1 aliphatic rings. The Morgan fingerprint density at radius 3 is 2.87 bits per heavy atom. The highest BCUT2D eigenvalue weighted by atomic mass is 32.2. The Morgan fingerprint density at radius 2 is 2.09 bits per heavy atom. The topological polar surface area (TPSA) is 55.4 Å². The quantitative estimate of drug-likeness (QED) is 0.934. The molecule has 122 valence electrons. The van der Waals surface area contributed by atoms with E-state index in [9.17, 15) is 12.8 Å². The summed E-state index contributed by atoms with van der Waals surface area (Å²) in [5.41, 5.74) is 2.28. The van der Waals surface area contributed by atoms with Crippen LogP contribution in [-0.4, -0.2) is 15.0 Å². The van der Waals surface area contributed by atoms with E-state index in [1.165, 1.54) is 18.2 Å². The molecule has 0 fully saturated rings. The average Bonchev–Trinajstić information content (AvgIpc) is 2.47. The van der Waals surface area contributed by atoms with Crippen molar-refractivity contribution in [1.82, 2.24) is 4.72 Å². The highest BCUT2D eigenvalue weighted by molar-refractivity contribution is 7.88. The van der Waals surface area contributed by atoms with E-state index < -0.39 is 21.9 Å². The lowest BCUT2D eigenvalue weighted by atomic mass is 10.0. The van der Waals surface area contributed by atoms with Crippen LogP contribution in [-0.2, 0) is 15.8 Å². The van der Waals surface area contributed by atoms with Crippen LogP contribution >= 0.6 is 0 Å². The molecule has 0 aromatic heterocycles. The van der Waals surface area contributed by atoms with E-state index in [1.807, 2.05) is 25.1 Å². The first-order chi connectivity index (χ1) is 10.9. The second-order valence-corrected chi connectivity index (χ2v) is 7.49. The number of fused-ring (bicyclic) bond motifs is 1. The predicted octanol–water partition coefficient (Wildman–Crippen LogP) is 3.08. The lowest BCUT2D eigenvalue weighted by molar-refractivity contribution is 0.262. The summed E-state index contributed by atoms with van der Waals surface area (Å²) in [5, 5.41) is 0. The summed E-state index contributed by atoms with van der Waals surface area (Å²) in [6, 6.07) is 11.1. The van der Waals surface area contributed by atoms with Crippen molar-refractivity contribution < 1.29 is 17.5 Å². The molecule has 4 nitrogen and oxygen atoms in total. The SMILES string of the molecule is Cc1cccc(CS(=O)(=O)NC2CCOc3ccc(F)cc32)c1. The van der Waals surface area contributed by atoms with Crippen LogP contribution in [0.2, 0.25) is 0 Å². The lowest BCUT2D eigenvalue weighted by Gasteiger charge is -2.26. The molecular weight excluding hydrogens is 317 g/mol. The van der Waals surface area contributed by atoms with Gasteiger partial charge in [0.25, 0.3) is 0 Å². The smallest absolute Gasteiger partial charge is 0.216 e. The maximum atomic E-state index is 13.5. The van der Waals surface area contributed by atoms with Gasteiger partial charge in [0.2, 0.25) is 10.0 Å². The molecule has 0 spiro atoms. The minimum Gasteiger partial charge on any atom is -0.493 e. The Morgan fingerprint density at radius 1 is 1.26 bits per heavy atom. The van der Waals surface area contributed by atoms with Gasteiger partial charge in [-0.25, -0.2) is 17.5 Å². The van der Waals surface area contributed by atoms with Gasteiger partial charge in [0.1, 0.15) is 11.6 Å². The van der Waals surface area contributed by atoms with Crippen LogP contribution in [0.5, 0.6) is 5.75 Å². The van der Waals surface area contributed by atoms with Gasteiger partial charge in [0, 0.05) is 12.0 Å². The maximum absolute atomic E-state index is 13.5. The first-order valence-electron chi connectivity index (χ1n) is 7.41. The van der Waals surface area contributed by atoms with Crippen molar-refractivity contribution in [2.75, 3.05) is 6.61 Å². The van der Waals surface area contributed by atoms with Gasteiger partial charge in [-0.2, -0.15) is 0 Å². The average molecular weight is 335 g/mol. The Labute approximate surface area is 135 Å². The number of hydrogen-bond donors (Lipinski definition) is 1. The van der Waals surface area contributed by atoms with Crippen LogP contribution in [0.3, 0.4) is 0 Å². The largest absolute Gasteiger partial charge is 0.493 e. The number of nitrogens with one attached hydrogen (secondary N) is 1.